The van der Waals surface area contributed by atoms with E-state index >= 15 is 0 Å². The zero-order chi connectivity index (χ0) is 11.2. The van der Waals surface area contributed by atoms with Crippen molar-refractivity contribution in [3.8, 4) is 0 Å². The standard InChI is InChI=1S/C8H17O5P/c1-5-12-14(10,13-7(2)3)6-11-8(4)9/h7H,5-6H2,1-4H3. The Bertz CT molecular complexity index is 226. The van der Waals surface area contributed by atoms with Gasteiger partial charge in [0.25, 0.3) is 0 Å². The molecule has 0 spiro atoms. The second kappa shape index (κ2) is 6.17. The van der Waals surface area contributed by atoms with Crippen LogP contribution in [0.5, 0.6) is 0 Å². The van der Waals surface area contributed by atoms with Crippen LogP contribution in [0.3, 0.4) is 0 Å². The van der Waals surface area contributed by atoms with Gasteiger partial charge in [-0.25, -0.2) is 0 Å². The Morgan fingerprint density at radius 1 is 1.43 bits per heavy atom. The van der Waals surface area contributed by atoms with Crippen LogP contribution in [0.1, 0.15) is 27.7 Å². The molecule has 0 bridgehead atoms. The molecule has 14 heavy (non-hydrogen) atoms. The van der Waals surface area contributed by atoms with Gasteiger partial charge in [-0.05, 0) is 20.8 Å². The predicted molar refractivity (Wildman–Crippen MR) is 52.1 cm³/mol. The molecule has 0 aliphatic rings. The lowest BCUT2D eigenvalue weighted by Crippen LogP contribution is -2.10. The summed E-state index contributed by atoms with van der Waals surface area (Å²) < 4.78 is 26.4. The molecule has 1 unspecified atom stereocenters. The van der Waals surface area contributed by atoms with E-state index in [1.54, 1.807) is 20.8 Å². The summed E-state index contributed by atoms with van der Waals surface area (Å²) >= 11 is 0. The summed E-state index contributed by atoms with van der Waals surface area (Å²) in [7, 11) is -3.27. The van der Waals surface area contributed by atoms with Gasteiger partial charge in [0.15, 0.2) is 6.35 Å². The Morgan fingerprint density at radius 3 is 2.36 bits per heavy atom. The van der Waals surface area contributed by atoms with E-state index in [9.17, 15) is 9.36 Å². The van der Waals surface area contributed by atoms with Crippen LogP contribution in [0.2, 0.25) is 0 Å². The Hall–Kier alpha value is -0.380. The lowest BCUT2D eigenvalue weighted by Gasteiger charge is -2.19. The van der Waals surface area contributed by atoms with Gasteiger partial charge in [-0.15, -0.1) is 0 Å². The fourth-order valence-corrected chi connectivity index (χ4v) is 2.36. The third-order valence-electron chi connectivity index (χ3n) is 1.12. The van der Waals surface area contributed by atoms with Crippen LogP contribution in [0.25, 0.3) is 0 Å². The monoisotopic (exact) mass is 224 g/mol. The summed E-state index contributed by atoms with van der Waals surface area (Å²) in [4.78, 5) is 10.5. The third kappa shape index (κ3) is 6.13. The Balaban J connectivity index is 4.23. The van der Waals surface area contributed by atoms with Gasteiger partial charge >= 0.3 is 13.6 Å². The molecule has 84 valence electrons. The SMILES string of the molecule is CCOP(=O)(COC(C)=O)OC(C)C. The number of hydrogen-bond acceptors (Lipinski definition) is 5. The number of ether oxygens (including phenoxy) is 1. The number of hydrogen-bond donors (Lipinski definition) is 0. The molecule has 0 rings (SSSR count). The van der Waals surface area contributed by atoms with Crippen LogP contribution in [0, 0.1) is 0 Å². The summed E-state index contributed by atoms with van der Waals surface area (Å²) in [6.45, 7) is 6.67. The molecule has 0 aromatic heterocycles. The number of carbonyl (C=O) groups is 1. The van der Waals surface area contributed by atoms with E-state index in [1.807, 2.05) is 0 Å². The first-order valence-corrected chi connectivity index (χ1v) is 6.17. The molecule has 0 amide bonds. The van der Waals surface area contributed by atoms with Crippen molar-refractivity contribution in [2.75, 3.05) is 13.0 Å². The van der Waals surface area contributed by atoms with Crippen molar-refractivity contribution in [3.05, 3.63) is 0 Å². The molecule has 6 heteroatoms. The maximum Gasteiger partial charge on any atom is 0.368 e. The Labute approximate surface area is 84.3 Å². The minimum absolute atomic E-state index is 0.233. The first kappa shape index (κ1) is 13.6. The van der Waals surface area contributed by atoms with Crippen molar-refractivity contribution in [1.29, 1.82) is 0 Å². The number of carbonyl (C=O) groups excluding carboxylic acids is 1. The topological polar surface area (TPSA) is 61.8 Å². The van der Waals surface area contributed by atoms with E-state index in [-0.39, 0.29) is 19.1 Å². The molecule has 1 atom stereocenters. The largest absolute Gasteiger partial charge is 0.453 e. The Kier molecular flexibility index (Phi) is 6.00. The van der Waals surface area contributed by atoms with E-state index < -0.39 is 13.6 Å². The highest BCUT2D eigenvalue weighted by Gasteiger charge is 2.27. The summed E-state index contributed by atoms with van der Waals surface area (Å²) in [5, 5.41) is 0. The highest BCUT2D eigenvalue weighted by atomic mass is 31.2. The zero-order valence-corrected chi connectivity index (χ0v) is 9.87. The van der Waals surface area contributed by atoms with Crippen molar-refractivity contribution < 1.29 is 23.1 Å². The number of esters is 1. The quantitative estimate of drug-likeness (QED) is 0.511. The maximum atomic E-state index is 11.8. The van der Waals surface area contributed by atoms with Gasteiger partial charge in [0.05, 0.1) is 12.7 Å². The van der Waals surface area contributed by atoms with Gasteiger partial charge in [-0.3, -0.25) is 9.36 Å². The van der Waals surface area contributed by atoms with Crippen LogP contribution in [-0.4, -0.2) is 25.0 Å². The van der Waals surface area contributed by atoms with Crippen LogP contribution in [0.4, 0.5) is 0 Å². The average Bonchev–Trinajstić information content (AvgIpc) is 2.00. The van der Waals surface area contributed by atoms with Gasteiger partial charge in [0.2, 0.25) is 0 Å². The van der Waals surface area contributed by atoms with E-state index in [1.165, 1.54) is 6.92 Å². The second-order valence-electron chi connectivity index (χ2n) is 2.95. The molecule has 0 saturated heterocycles. The minimum atomic E-state index is -3.27. The van der Waals surface area contributed by atoms with Crippen molar-refractivity contribution in [2.45, 2.75) is 33.8 Å². The molecule has 0 heterocycles. The van der Waals surface area contributed by atoms with Gasteiger partial charge < -0.3 is 13.8 Å². The normalized spacial score (nSPS) is 15.2. The molecular weight excluding hydrogens is 207 g/mol. The molecule has 5 nitrogen and oxygen atoms in total. The van der Waals surface area contributed by atoms with Gasteiger partial charge in [0.1, 0.15) is 0 Å². The van der Waals surface area contributed by atoms with Crippen molar-refractivity contribution in [1.82, 2.24) is 0 Å². The Morgan fingerprint density at radius 2 is 2.00 bits per heavy atom. The van der Waals surface area contributed by atoms with Crippen molar-refractivity contribution in [3.63, 3.8) is 0 Å². The summed E-state index contributed by atoms with van der Waals surface area (Å²) in [5.74, 6) is -0.503. The average molecular weight is 224 g/mol. The molecule has 0 radical (unpaired) electrons. The van der Waals surface area contributed by atoms with Crippen LogP contribution in [0.15, 0.2) is 0 Å². The molecule has 0 aromatic carbocycles. The summed E-state index contributed by atoms with van der Waals surface area (Å²) in [5.41, 5.74) is 0. The molecule has 0 N–H and O–H groups in total. The molecular formula is C8H17O5P. The van der Waals surface area contributed by atoms with Crippen LogP contribution in [-0.2, 0) is 23.1 Å². The molecule has 0 aliphatic carbocycles. The van der Waals surface area contributed by atoms with Crippen LogP contribution < -0.4 is 0 Å². The zero-order valence-electron chi connectivity index (χ0n) is 8.98. The highest BCUT2D eigenvalue weighted by Crippen LogP contribution is 2.49. The highest BCUT2D eigenvalue weighted by molar-refractivity contribution is 7.53. The van der Waals surface area contributed by atoms with E-state index in [2.05, 4.69) is 4.74 Å². The van der Waals surface area contributed by atoms with Gasteiger partial charge in [-0.1, -0.05) is 0 Å². The fourth-order valence-electron chi connectivity index (χ4n) is 0.786. The lowest BCUT2D eigenvalue weighted by atomic mass is 10.5. The van der Waals surface area contributed by atoms with E-state index in [0.29, 0.717) is 0 Å². The van der Waals surface area contributed by atoms with Crippen molar-refractivity contribution in [2.24, 2.45) is 0 Å². The summed E-state index contributed by atoms with van der Waals surface area (Å²) in [6.07, 6.45) is -0.558. The molecule has 0 saturated carbocycles. The number of rotatable bonds is 6. The van der Waals surface area contributed by atoms with Gasteiger partial charge in [-0.2, -0.15) is 0 Å². The fraction of sp³-hybridized carbons (Fsp3) is 0.875. The molecule has 0 aliphatic heterocycles. The smallest absolute Gasteiger partial charge is 0.368 e. The molecule has 0 aromatic rings. The van der Waals surface area contributed by atoms with Crippen LogP contribution >= 0.6 is 7.60 Å². The minimum Gasteiger partial charge on any atom is -0.453 e. The van der Waals surface area contributed by atoms with E-state index in [4.69, 9.17) is 9.05 Å². The van der Waals surface area contributed by atoms with Crippen molar-refractivity contribution >= 4 is 13.6 Å². The lowest BCUT2D eigenvalue weighted by molar-refractivity contribution is -0.139. The molecule has 0 fully saturated rings. The second-order valence-corrected chi connectivity index (χ2v) is 4.90. The third-order valence-corrected chi connectivity index (χ3v) is 2.96. The van der Waals surface area contributed by atoms with Gasteiger partial charge in [0, 0.05) is 6.92 Å². The predicted octanol–water partition coefficient (Wildman–Crippen LogP) is 2.16. The maximum absolute atomic E-state index is 11.8. The van der Waals surface area contributed by atoms with E-state index in [0.717, 1.165) is 0 Å². The first-order chi connectivity index (χ1) is 6.39. The summed E-state index contributed by atoms with van der Waals surface area (Å²) in [6, 6.07) is 0. The first-order valence-electron chi connectivity index (χ1n) is 4.45.